The lowest BCUT2D eigenvalue weighted by Gasteiger charge is -2.27. The summed E-state index contributed by atoms with van der Waals surface area (Å²) >= 11 is 6.44. The van der Waals surface area contributed by atoms with Crippen LogP contribution in [0, 0.1) is 0 Å². The lowest BCUT2D eigenvalue weighted by Crippen LogP contribution is -2.37. The number of halogens is 1. The minimum absolute atomic E-state index is 0.466. The highest BCUT2D eigenvalue weighted by Crippen LogP contribution is 2.33. The molecule has 1 aromatic rings. The smallest absolute Gasteiger partial charge is 0.147 e. The van der Waals surface area contributed by atoms with Crippen molar-refractivity contribution in [2.75, 3.05) is 25.0 Å². The second kappa shape index (κ2) is 5.27. The molecule has 0 radical (unpaired) electrons. The molecule has 0 amide bonds. The fourth-order valence-corrected chi connectivity index (χ4v) is 3.66. The summed E-state index contributed by atoms with van der Waals surface area (Å²) in [5, 5.41) is 0.727. The minimum Gasteiger partial charge on any atom is -0.354 e. The molecule has 2 atom stereocenters. The van der Waals surface area contributed by atoms with E-state index in [9.17, 15) is 0 Å². The van der Waals surface area contributed by atoms with Gasteiger partial charge in [0.2, 0.25) is 0 Å². The Balaban J connectivity index is 1.87. The summed E-state index contributed by atoms with van der Waals surface area (Å²) in [6.07, 6.45) is 5.62. The normalized spacial score (nSPS) is 27.6. The number of nitrogens with zero attached hydrogens (tertiary/aromatic N) is 3. The maximum Gasteiger partial charge on any atom is 0.147 e. The van der Waals surface area contributed by atoms with Crippen molar-refractivity contribution in [1.82, 2.24) is 9.88 Å². The molecule has 2 aliphatic rings. The average Bonchev–Trinajstić information content (AvgIpc) is 2.64. The average molecular weight is 281 g/mol. The van der Waals surface area contributed by atoms with Gasteiger partial charge in [0.1, 0.15) is 5.82 Å². The van der Waals surface area contributed by atoms with Crippen molar-refractivity contribution in [2.24, 2.45) is 5.73 Å². The fraction of sp³-hybridized carbons (Fsp3) is 0.643. The minimum atomic E-state index is 0.466. The highest BCUT2D eigenvalue weighted by atomic mass is 35.5. The SMILES string of the molecule is CN1C2CCC1CN(c1nccc(CN)c1Cl)CC2. The summed E-state index contributed by atoms with van der Waals surface area (Å²) in [6.45, 7) is 2.52. The third kappa shape index (κ3) is 2.33. The first kappa shape index (κ1) is 13.2. The predicted octanol–water partition coefficient (Wildman–Crippen LogP) is 1.87. The Labute approximate surface area is 119 Å². The molecule has 2 fully saturated rings. The monoisotopic (exact) mass is 280 g/mol. The number of hydrogen-bond acceptors (Lipinski definition) is 4. The van der Waals surface area contributed by atoms with Crippen molar-refractivity contribution in [3.05, 3.63) is 22.8 Å². The van der Waals surface area contributed by atoms with Gasteiger partial charge in [0.25, 0.3) is 0 Å². The first-order valence-corrected chi connectivity index (χ1v) is 7.39. The van der Waals surface area contributed by atoms with Crippen LogP contribution in [0.2, 0.25) is 5.02 Å². The maximum atomic E-state index is 6.44. The van der Waals surface area contributed by atoms with Gasteiger partial charge in [-0.25, -0.2) is 4.98 Å². The molecule has 3 rings (SSSR count). The molecule has 2 unspecified atom stereocenters. The molecule has 0 aromatic carbocycles. The second-order valence-electron chi connectivity index (χ2n) is 5.60. The fourth-order valence-electron chi connectivity index (χ4n) is 3.35. The molecule has 1 aromatic heterocycles. The van der Waals surface area contributed by atoms with Gasteiger partial charge in [-0.1, -0.05) is 11.6 Å². The van der Waals surface area contributed by atoms with E-state index >= 15 is 0 Å². The van der Waals surface area contributed by atoms with Gasteiger partial charge < -0.3 is 10.6 Å². The lowest BCUT2D eigenvalue weighted by molar-refractivity contribution is 0.254. The topological polar surface area (TPSA) is 45.4 Å². The molecule has 2 saturated heterocycles. The zero-order chi connectivity index (χ0) is 13.4. The third-order valence-corrected chi connectivity index (χ3v) is 5.03. The Kier molecular flexibility index (Phi) is 3.65. The Morgan fingerprint density at radius 3 is 2.95 bits per heavy atom. The van der Waals surface area contributed by atoms with Crippen LogP contribution in [-0.4, -0.2) is 42.1 Å². The van der Waals surface area contributed by atoms with Gasteiger partial charge in [0.05, 0.1) is 5.02 Å². The number of anilines is 1. The van der Waals surface area contributed by atoms with Crippen LogP contribution < -0.4 is 10.6 Å². The molecule has 2 N–H and O–H groups in total. The standard InChI is InChI=1S/C14H21ClN4/c1-18-11-2-3-12(18)9-19(7-5-11)14-13(15)10(8-16)4-6-17-14/h4,6,11-12H,2-3,5,7-9,16H2,1H3. The lowest BCUT2D eigenvalue weighted by atomic mass is 10.1. The summed E-state index contributed by atoms with van der Waals surface area (Å²) in [7, 11) is 2.25. The first-order chi connectivity index (χ1) is 9.20. The van der Waals surface area contributed by atoms with E-state index in [4.69, 9.17) is 17.3 Å². The van der Waals surface area contributed by atoms with Gasteiger partial charge in [0, 0.05) is 37.9 Å². The van der Waals surface area contributed by atoms with Crippen molar-refractivity contribution in [3.8, 4) is 0 Å². The Morgan fingerprint density at radius 1 is 1.37 bits per heavy atom. The quantitative estimate of drug-likeness (QED) is 0.898. The van der Waals surface area contributed by atoms with Crippen molar-refractivity contribution < 1.29 is 0 Å². The van der Waals surface area contributed by atoms with Crippen LogP contribution in [0.3, 0.4) is 0 Å². The number of hydrogen-bond donors (Lipinski definition) is 1. The van der Waals surface area contributed by atoms with E-state index in [0.29, 0.717) is 12.6 Å². The van der Waals surface area contributed by atoms with E-state index in [0.717, 1.165) is 35.5 Å². The van der Waals surface area contributed by atoms with Crippen LogP contribution >= 0.6 is 11.6 Å². The number of rotatable bonds is 2. The highest BCUT2D eigenvalue weighted by molar-refractivity contribution is 6.33. The zero-order valence-corrected chi connectivity index (χ0v) is 12.1. The summed E-state index contributed by atoms with van der Waals surface area (Å²) in [5.41, 5.74) is 6.70. The number of nitrogens with two attached hydrogens (primary N) is 1. The Bertz CT molecular complexity index is 465. The molecule has 0 saturated carbocycles. The molecular formula is C14H21ClN4. The number of likely N-dealkylation sites (N-methyl/N-ethyl adjacent to an activating group) is 1. The molecule has 4 nitrogen and oxygen atoms in total. The van der Waals surface area contributed by atoms with Crippen molar-refractivity contribution in [2.45, 2.75) is 37.9 Å². The first-order valence-electron chi connectivity index (χ1n) is 7.01. The second-order valence-corrected chi connectivity index (χ2v) is 5.97. The van der Waals surface area contributed by atoms with E-state index in [2.05, 4.69) is 21.8 Å². The highest BCUT2D eigenvalue weighted by Gasteiger charge is 2.35. The third-order valence-electron chi connectivity index (χ3n) is 4.62. The molecule has 104 valence electrons. The Hall–Kier alpha value is -0.840. The maximum absolute atomic E-state index is 6.44. The molecule has 0 spiro atoms. The van der Waals surface area contributed by atoms with Gasteiger partial charge in [0.15, 0.2) is 0 Å². The van der Waals surface area contributed by atoms with Gasteiger partial charge >= 0.3 is 0 Å². The number of aromatic nitrogens is 1. The van der Waals surface area contributed by atoms with E-state index in [1.54, 1.807) is 0 Å². The molecule has 0 aliphatic carbocycles. The van der Waals surface area contributed by atoms with Gasteiger partial charge in [-0.2, -0.15) is 0 Å². The molecule has 19 heavy (non-hydrogen) atoms. The zero-order valence-electron chi connectivity index (χ0n) is 11.3. The van der Waals surface area contributed by atoms with Crippen LogP contribution in [0.4, 0.5) is 5.82 Å². The molecule has 2 aliphatic heterocycles. The Morgan fingerprint density at radius 2 is 2.16 bits per heavy atom. The van der Waals surface area contributed by atoms with Crippen molar-refractivity contribution in [3.63, 3.8) is 0 Å². The largest absolute Gasteiger partial charge is 0.354 e. The van der Waals surface area contributed by atoms with Crippen LogP contribution in [0.5, 0.6) is 0 Å². The van der Waals surface area contributed by atoms with Crippen LogP contribution in [0.15, 0.2) is 12.3 Å². The molecule has 2 bridgehead atoms. The van der Waals surface area contributed by atoms with Gasteiger partial charge in [-0.3, -0.25) is 4.90 Å². The van der Waals surface area contributed by atoms with E-state index in [-0.39, 0.29) is 0 Å². The van der Waals surface area contributed by atoms with E-state index in [1.807, 2.05) is 12.3 Å². The molecular weight excluding hydrogens is 260 g/mol. The van der Waals surface area contributed by atoms with Gasteiger partial charge in [-0.05, 0) is 37.9 Å². The van der Waals surface area contributed by atoms with Crippen LogP contribution in [-0.2, 0) is 6.54 Å². The summed E-state index contributed by atoms with van der Waals surface area (Å²) in [4.78, 5) is 9.34. The predicted molar refractivity (Wildman–Crippen MR) is 78.5 cm³/mol. The molecule has 3 heterocycles. The number of fused-ring (bicyclic) bond motifs is 2. The van der Waals surface area contributed by atoms with Crippen LogP contribution in [0.25, 0.3) is 0 Å². The van der Waals surface area contributed by atoms with Crippen molar-refractivity contribution in [1.29, 1.82) is 0 Å². The van der Waals surface area contributed by atoms with Gasteiger partial charge in [-0.15, -0.1) is 0 Å². The van der Waals surface area contributed by atoms with E-state index in [1.165, 1.54) is 19.3 Å². The number of pyridine rings is 1. The van der Waals surface area contributed by atoms with E-state index < -0.39 is 0 Å². The summed E-state index contributed by atoms with van der Waals surface area (Å²) < 4.78 is 0. The summed E-state index contributed by atoms with van der Waals surface area (Å²) in [5.74, 6) is 0.908. The van der Waals surface area contributed by atoms with Crippen LogP contribution in [0.1, 0.15) is 24.8 Å². The summed E-state index contributed by atoms with van der Waals surface area (Å²) in [6, 6.07) is 3.26. The molecule has 5 heteroatoms. The van der Waals surface area contributed by atoms with Crippen molar-refractivity contribution >= 4 is 17.4 Å².